The number of nitro groups is 1. The average Bonchev–Trinajstić information content (AvgIpc) is 2.46. The number of hydrogen-bond acceptors (Lipinski definition) is 4. The number of hydrogen-bond donors (Lipinski definition) is 1. The number of nitrogens with zero attached hydrogens (tertiary/aromatic N) is 1. The Hall–Kier alpha value is -2.63. The highest BCUT2D eigenvalue weighted by Crippen LogP contribution is 2.29. The van der Waals surface area contributed by atoms with E-state index in [1.807, 2.05) is 0 Å². The number of rotatable bonds is 5. The van der Waals surface area contributed by atoms with Crippen LogP contribution in [0.2, 0.25) is 0 Å². The normalized spacial score (nSPS) is 10.1. The Morgan fingerprint density at radius 1 is 1.30 bits per heavy atom. The fourth-order valence-electron chi connectivity index (χ4n) is 1.78. The molecule has 0 saturated carbocycles. The van der Waals surface area contributed by atoms with Gasteiger partial charge < -0.3 is 10.1 Å². The van der Waals surface area contributed by atoms with Crippen LogP contribution in [-0.2, 0) is 6.54 Å². The van der Waals surface area contributed by atoms with Gasteiger partial charge in [0.05, 0.1) is 12.0 Å². The van der Waals surface area contributed by atoms with E-state index in [1.54, 1.807) is 24.3 Å². The fraction of sp³-hybridized carbons (Fsp3) is 0.143. The summed E-state index contributed by atoms with van der Waals surface area (Å²) in [4.78, 5) is 10.4. The minimum atomic E-state index is -0.521. The van der Waals surface area contributed by atoms with E-state index in [-0.39, 0.29) is 23.8 Å². The quantitative estimate of drug-likeness (QED) is 0.671. The van der Waals surface area contributed by atoms with Crippen molar-refractivity contribution in [3.63, 3.8) is 0 Å². The Bertz CT molecular complexity index is 632. The summed E-state index contributed by atoms with van der Waals surface area (Å²) in [5.41, 5.74) is 0.887. The smallest absolute Gasteiger partial charge is 0.312 e. The molecule has 0 aromatic heterocycles. The molecule has 0 saturated heterocycles. The number of benzene rings is 2. The topological polar surface area (TPSA) is 64.4 Å². The van der Waals surface area contributed by atoms with Crippen molar-refractivity contribution in [2.75, 3.05) is 12.4 Å². The van der Waals surface area contributed by atoms with E-state index < -0.39 is 4.92 Å². The Balaban J connectivity index is 2.16. The zero-order chi connectivity index (χ0) is 14.5. The van der Waals surface area contributed by atoms with Crippen molar-refractivity contribution in [2.45, 2.75) is 6.54 Å². The molecule has 0 unspecified atom stereocenters. The molecule has 2 rings (SSSR count). The number of nitrogens with one attached hydrogen (secondary N) is 1. The van der Waals surface area contributed by atoms with Crippen LogP contribution in [0.3, 0.4) is 0 Å². The highest BCUT2D eigenvalue weighted by atomic mass is 19.1. The second kappa shape index (κ2) is 6.01. The summed E-state index contributed by atoms with van der Waals surface area (Å²) < 4.78 is 18.4. The molecular formula is C14H13FN2O3. The number of ether oxygens (including phenoxy) is 1. The second-order valence-electron chi connectivity index (χ2n) is 4.09. The summed E-state index contributed by atoms with van der Waals surface area (Å²) in [6.45, 7) is 0.246. The number of halogens is 1. The summed E-state index contributed by atoms with van der Waals surface area (Å²) in [7, 11) is 1.37. The molecule has 0 amide bonds. The molecule has 0 aliphatic carbocycles. The second-order valence-corrected chi connectivity index (χ2v) is 4.09. The Morgan fingerprint density at radius 2 is 2.05 bits per heavy atom. The van der Waals surface area contributed by atoms with Gasteiger partial charge in [-0.1, -0.05) is 18.2 Å². The largest absolute Gasteiger partial charge is 0.490 e. The molecule has 0 fully saturated rings. The molecule has 20 heavy (non-hydrogen) atoms. The van der Waals surface area contributed by atoms with Gasteiger partial charge in [-0.25, -0.2) is 4.39 Å². The van der Waals surface area contributed by atoms with Crippen molar-refractivity contribution >= 4 is 11.4 Å². The lowest BCUT2D eigenvalue weighted by Gasteiger charge is -2.08. The summed E-state index contributed by atoms with van der Waals surface area (Å²) in [5, 5.41) is 13.8. The van der Waals surface area contributed by atoms with E-state index in [1.165, 1.54) is 25.3 Å². The van der Waals surface area contributed by atoms with E-state index in [4.69, 9.17) is 4.74 Å². The first-order valence-electron chi connectivity index (χ1n) is 5.91. The summed E-state index contributed by atoms with van der Waals surface area (Å²) in [6.07, 6.45) is 0. The zero-order valence-electron chi connectivity index (χ0n) is 10.8. The predicted molar refractivity (Wildman–Crippen MR) is 73.4 cm³/mol. The standard InChI is InChI=1S/C14H13FN2O3/c1-20-14-7-6-11(8-13(14)17(18)19)16-9-10-4-2-3-5-12(10)15/h2-8,16H,9H2,1H3. The molecule has 1 N–H and O–H groups in total. The number of anilines is 1. The molecule has 0 atom stereocenters. The van der Waals surface area contributed by atoms with Crippen molar-refractivity contribution in [1.82, 2.24) is 0 Å². The van der Waals surface area contributed by atoms with Gasteiger partial charge in [-0.15, -0.1) is 0 Å². The number of nitro benzene ring substituents is 1. The van der Waals surface area contributed by atoms with Crippen LogP contribution < -0.4 is 10.1 Å². The SMILES string of the molecule is COc1ccc(NCc2ccccc2F)cc1[N+](=O)[O-]. The number of methoxy groups -OCH3 is 1. The fourth-order valence-corrected chi connectivity index (χ4v) is 1.78. The minimum Gasteiger partial charge on any atom is -0.490 e. The summed E-state index contributed by atoms with van der Waals surface area (Å²) in [5.74, 6) is -0.130. The van der Waals surface area contributed by atoms with Gasteiger partial charge in [-0.05, 0) is 18.2 Å². The highest BCUT2D eigenvalue weighted by Gasteiger charge is 2.15. The summed E-state index contributed by atoms with van der Waals surface area (Å²) in [6, 6.07) is 10.9. The maximum absolute atomic E-state index is 13.5. The lowest BCUT2D eigenvalue weighted by molar-refractivity contribution is -0.385. The van der Waals surface area contributed by atoms with E-state index in [9.17, 15) is 14.5 Å². The third kappa shape index (κ3) is 3.03. The van der Waals surface area contributed by atoms with Gasteiger partial charge >= 0.3 is 5.69 Å². The Labute approximate surface area is 115 Å². The van der Waals surface area contributed by atoms with Crippen LogP contribution in [0.25, 0.3) is 0 Å². The van der Waals surface area contributed by atoms with Crippen LogP contribution >= 0.6 is 0 Å². The maximum atomic E-state index is 13.5. The van der Waals surface area contributed by atoms with Crippen molar-refractivity contribution < 1.29 is 14.1 Å². The molecule has 0 aliphatic heterocycles. The molecule has 0 aliphatic rings. The van der Waals surface area contributed by atoms with E-state index in [0.717, 1.165) is 0 Å². The third-order valence-electron chi connectivity index (χ3n) is 2.82. The predicted octanol–water partition coefficient (Wildman–Crippen LogP) is 3.35. The van der Waals surface area contributed by atoms with Crippen LogP contribution in [0, 0.1) is 15.9 Å². The molecule has 2 aromatic rings. The van der Waals surface area contributed by atoms with Crippen molar-refractivity contribution in [3.8, 4) is 5.75 Å². The van der Waals surface area contributed by atoms with Crippen LogP contribution in [0.15, 0.2) is 42.5 Å². The average molecular weight is 276 g/mol. The van der Waals surface area contributed by atoms with Crippen LogP contribution in [0.5, 0.6) is 5.75 Å². The first kappa shape index (κ1) is 13.8. The van der Waals surface area contributed by atoms with E-state index >= 15 is 0 Å². The Morgan fingerprint density at radius 3 is 2.70 bits per heavy atom. The van der Waals surface area contributed by atoms with Gasteiger partial charge in [-0.3, -0.25) is 10.1 Å². The lowest BCUT2D eigenvalue weighted by atomic mass is 10.2. The third-order valence-corrected chi connectivity index (χ3v) is 2.82. The van der Waals surface area contributed by atoms with Crippen LogP contribution in [-0.4, -0.2) is 12.0 Å². The van der Waals surface area contributed by atoms with Gasteiger partial charge in [0.15, 0.2) is 5.75 Å². The van der Waals surface area contributed by atoms with Crippen molar-refractivity contribution in [1.29, 1.82) is 0 Å². The molecule has 0 heterocycles. The van der Waals surface area contributed by atoms with Crippen LogP contribution in [0.4, 0.5) is 15.8 Å². The molecule has 0 bridgehead atoms. The molecule has 0 spiro atoms. The maximum Gasteiger partial charge on any atom is 0.312 e. The molecule has 6 heteroatoms. The van der Waals surface area contributed by atoms with Gasteiger partial charge in [0.2, 0.25) is 0 Å². The first-order valence-corrected chi connectivity index (χ1v) is 5.91. The van der Waals surface area contributed by atoms with Gasteiger partial charge in [0.25, 0.3) is 0 Å². The molecule has 2 aromatic carbocycles. The van der Waals surface area contributed by atoms with Gasteiger partial charge in [-0.2, -0.15) is 0 Å². The summed E-state index contributed by atoms with van der Waals surface area (Å²) >= 11 is 0. The van der Waals surface area contributed by atoms with Crippen molar-refractivity contribution in [2.24, 2.45) is 0 Å². The van der Waals surface area contributed by atoms with Crippen LogP contribution in [0.1, 0.15) is 5.56 Å². The molecule has 0 radical (unpaired) electrons. The molecular weight excluding hydrogens is 263 g/mol. The molecule has 104 valence electrons. The van der Waals surface area contributed by atoms with Gasteiger partial charge in [0, 0.05) is 23.9 Å². The van der Waals surface area contributed by atoms with Crippen molar-refractivity contribution in [3.05, 3.63) is 64.0 Å². The van der Waals surface area contributed by atoms with E-state index in [0.29, 0.717) is 11.3 Å². The first-order chi connectivity index (χ1) is 9.61. The molecule has 5 nitrogen and oxygen atoms in total. The van der Waals surface area contributed by atoms with Gasteiger partial charge in [0.1, 0.15) is 5.82 Å². The lowest BCUT2D eigenvalue weighted by Crippen LogP contribution is -2.02. The Kier molecular flexibility index (Phi) is 4.14. The van der Waals surface area contributed by atoms with E-state index in [2.05, 4.69) is 5.32 Å². The zero-order valence-corrected chi connectivity index (χ0v) is 10.8. The minimum absolute atomic E-state index is 0.133. The highest BCUT2D eigenvalue weighted by molar-refractivity contribution is 5.58. The monoisotopic (exact) mass is 276 g/mol.